The highest BCUT2D eigenvalue weighted by Crippen LogP contribution is 2.22. The van der Waals surface area contributed by atoms with Crippen molar-refractivity contribution in [1.29, 1.82) is 0 Å². The third-order valence-electron chi connectivity index (χ3n) is 4.42. The van der Waals surface area contributed by atoms with E-state index in [1.54, 1.807) is 54.7 Å². The summed E-state index contributed by atoms with van der Waals surface area (Å²) in [6.45, 7) is 1.90. The van der Waals surface area contributed by atoms with Gasteiger partial charge >= 0.3 is 0 Å². The Bertz CT molecular complexity index is 1160. The number of hydrogen-bond acceptors (Lipinski definition) is 4. The summed E-state index contributed by atoms with van der Waals surface area (Å²) < 4.78 is 27.7. The van der Waals surface area contributed by atoms with Crippen LogP contribution in [0.1, 0.15) is 21.5 Å². The summed E-state index contributed by atoms with van der Waals surface area (Å²) in [5.74, 6) is -0.390. The van der Waals surface area contributed by atoms with Crippen LogP contribution >= 0.6 is 15.9 Å². The molecule has 0 aliphatic rings. The van der Waals surface area contributed by atoms with Gasteiger partial charge in [-0.3, -0.25) is 9.10 Å². The van der Waals surface area contributed by atoms with Gasteiger partial charge in [0.2, 0.25) is 0 Å². The Labute approximate surface area is 184 Å². The Hall–Kier alpha value is -2.97. The van der Waals surface area contributed by atoms with E-state index in [1.807, 2.05) is 31.2 Å². The Kier molecular flexibility index (Phi) is 6.69. The average molecular weight is 486 g/mol. The minimum Gasteiger partial charge on any atom is -0.269 e. The van der Waals surface area contributed by atoms with Gasteiger partial charge in [-0.15, -0.1) is 0 Å². The summed E-state index contributed by atoms with van der Waals surface area (Å²) in [4.78, 5) is 12.5. The van der Waals surface area contributed by atoms with Crippen LogP contribution in [0.15, 0.2) is 87.3 Å². The molecule has 0 atom stereocenters. The molecule has 1 amide bonds. The molecule has 6 nitrogen and oxygen atoms in total. The number of halogens is 1. The van der Waals surface area contributed by atoms with Crippen molar-refractivity contribution in [2.24, 2.45) is 5.10 Å². The molecule has 0 saturated heterocycles. The smallest absolute Gasteiger partial charge is 0.269 e. The largest absolute Gasteiger partial charge is 0.271 e. The van der Waals surface area contributed by atoms with Gasteiger partial charge in [0.25, 0.3) is 15.9 Å². The molecule has 3 rings (SSSR count). The summed E-state index contributed by atoms with van der Waals surface area (Å²) in [6.07, 6.45) is 1.54. The van der Waals surface area contributed by atoms with Crippen molar-refractivity contribution in [3.8, 4) is 0 Å². The van der Waals surface area contributed by atoms with Crippen molar-refractivity contribution in [3.05, 3.63) is 94.0 Å². The van der Waals surface area contributed by atoms with E-state index in [-0.39, 0.29) is 10.8 Å². The Morgan fingerprint density at radius 1 is 0.967 bits per heavy atom. The number of sulfonamides is 1. The second-order valence-corrected chi connectivity index (χ2v) is 9.47. The van der Waals surface area contributed by atoms with Crippen LogP contribution in [0.5, 0.6) is 0 Å². The first-order valence-corrected chi connectivity index (χ1v) is 11.3. The summed E-state index contributed by atoms with van der Waals surface area (Å²) in [5.41, 5.74) is 5.10. The predicted octanol–water partition coefficient (Wildman–Crippen LogP) is 4.35. The van der Waals surface area contributed by atoms with Gasteiger partial charge in [-0.1, -0.05) is 45.8 Å². The summed E-state index contributed by atoms with van der Waals surface area (Å²) in [7, 11) is -2.20. The first-order chi connectivity index (χ1) is 14.3. The van der Waals surface area contributed by atoms with Gasteiger partial charge in [0.1, 0.15) is 0 Å². The summed E-state index contributed by atoms with van der Waals surface area (Å²) in [6, 6.07) is 20.4. The lowest BCUT2D eigenvalue weighted by Crippen LogP contribution is -2.26. The molecule has 0 radical (unpaired) electrons. The summed E-state index contributed by atoms with van der Waals surface area (Å²) >= 11 is 3.36. The molecular weight excluding hydrogens is 466 g/mol. The number of nitrogens with zero attached hydrogens (tertiary/aromatic N) is 2. The third kappa shape index (κ3) is 5.14. The van der Waals surface area contributed by atoms with Crippen molar-refractivity contribution in [3.63, 3.8) is 0 Å². The van der Waals surface area contributed by atoms with Crippen molar-refractivity contribution < 1.29 is 13.2 Å². The molecule has 0 aromatic heterocycles. The molecule has 0 aliphatic heterocycles. The lowest BCUT2D eigenvalue weighted by molar-refractivity contribution is 0.0955. The fraction of sp³-hybridized carbons (Fsp3) is 0.0909. The van der Waals surface area contributed by atoms with Crippen LogP contribution in [-0.4, -0.2) is 27.6 Å². The fourth-order valence-corrected chi connectivity index (χ4v) is 4.07. The highest BCUT2D eigenvalue weighted by molar-refractivity contribution is 9.10. The lowest BCUT2D eigenvalue weighted by atomic mass is 10.2. The summed E-state index contributed by atoms with van der Waals surface area (Å²) in [5, 5.41) is 3.94. The van der Waals surface area contributed by atoms with Crippen LogP contribution in [0.3, 0.4) is 0 Å². The number of carbonyl (C=O) groups excluding carboxylic acids is 1. The van der Waals surface area contributed by atoms with E-state index in [9.17, 15) is 13.2 Å². The van der Waals surface area contributed by atoms with Gasteiger partial charge in [-0.25, -0.2) is 13.8 Å². The number of rotatable bonds is 6. The number of carbonyl (C=O) groups is 1. The number of nitrogens with one attached hydrogen (secondary N) is 1. The van der Waals surface area contributed by atoms with E-state index < -0.39 is 10.0 Å². The molecule has 0 saturated carbocycles. The van der Waals surface area contributed by atoms with E-state index >= 15 is 0 Å². The quantitative estimate of drug-likeness (QED) is 0.416. The highest BCUT2D eigenvalue weighted by atomic mass is 79.9. The topological polar surface area (TPSA) is 78.8 Å². The molecule has 8 heteroatoms. The zero-order valence-electron chi connectivity index (χ0n) is 16.4. The molecular formula is C22H20BrN3O3S. The maximum Gasteiger partial charge on any atom is 0.271 e. The Morgan fingerprint density at radius 3 is 2.17 bits per heavy atom. The molecule has 3 aromatic rings. The van der Waals surface area contributed by atoms with Crippen LogP contribution in [0, 0.1) is 6.92 Å². The van der Waals surface area contributed by atoms with E-state index in [2.05, 4.69) is 26.5 Å². The van der Waals surface area contributed by atoms with E-state index in [1.165, 1.54) is 11.4 Å². The third-order valence-corrected chi connectivity index (χ3v) is 6.75. The maximum atomic E-state index is 12.8. The zero-order valence-corrected chi connectivity index (χ0v) is 18.8. The van der Waals surface area contributed by atoms with Crippen LogP contribution < -0.4 is 9.73 Å². The first-order valence-electron chi connectivity index (χ1n) is 9.02. The average Bonchev–Trinajstić information content (AvgIpc) is 2.75. The molecule has 154 valence electrons. The molecule has 0 heterocycles. The Morgan fingerprint density at radius 2 is 1.57 bits per heavy atom. The van der Waals surface area contributed by atoms with Crippen molar-refractivity contribution in [2.45, 2.75) is 11.8 Å². The van der Waals surface area contributed by atoms with Crippen molar-refractivity contribution in [2.75, 3.05) is 11.4 Å². The number of hydrogen-bond donors (Lipinski definition) is 1. The maximum absolute atomic E-state index is 12.8. The van der Waals surface area contributed by atoms with E-state index in [0.29, 0.717) is 11.3 Å². The van der Waals surface area contributed by atoms with Gasteiger partial charge < -0.3 is 0 Å². The number of aryl methyl sites for hydroxylation is 1. The minimum absolute atomic E-state index is 0.208. The van der Waals surface area contributed by atoms with Gasteiger partial charge in [0, 0.05) is 17.1 Å². The molecule has 0 bridgehead atoms. The monoisotopic (exact) mass is 485 g/mol. The number of amides is 1. The molecule has 0 spiro atoms. The predicted molar refractivity (Wildman–Crippen MR) is 122 cm³/mol. The molecule has 3 aromatic carbocycles. The SMILES string of the molecule is Cc1ccc(S(=O)(=O)N(C)c2ccc(C(=O)N/N=C\c3ccc(Br)cc3)cc2)cc1. The van der Waals surface area contributed by atoms with Gasteiger partial charge in [0.15, 0.2) is 0 Å². The second kappa shape index (κ2) is 9.23. The van der Waals surface area contributed by atoms with E-state index in [4.69, 9.17) is 0 Å². The van der Waals surface area contributed by atoms with Gasteiger partial charge in [-0.2, -0.15) is 5.10 Å². The molecule has 0 aliphatic carbocycles. The van der Waals surface area contributed by atoms with Crippen LogP contribution in [0.25, 0.3) is 0 Å². The molecule has 30 heavy (non-hydrogen) atoms. The number of hydrazone groups is 1. The van der Waals surface area contributed by atoms with Crippen LogP contribution in [-0.2, 0) is 10.0 Å². The van der Waals surface area contributed by atoms with Crippen LogP contribution in [0.4, 0.5) is 5.69 Å². The molecule has 1 N–H and O–H groups in total. The second-order valence-electron chi connectivity index (χ2n) is 6.58. The van der Waals surface area contributed by atoms with Gasteiger partial charge in [0.05, 0.1) is 16.8 Å². The zero-order chi connectivity index (χ0) is 21.7. The standard InChI is InChI=1S/C22H20BrN3O3S/c1-16-3-13-21(14-4-16)30(28,29)26(2)20-11-7-18(8-12-20)22(27)25-24-15-17-5-9-19(23)10-6-17/h3-15H,1-2H3,(H,25,27)/b24-15-. The highest BCUT2D eigenvalue weighted by Gasteiger charge is 2.21. The fourth-order valence-electron chi connectivity index (χ4n) is 2.61. The van der Waals surface area contributed by atoms with Gasteiger partial charge in [-0.05, 0) is 61.0 Å². The van der Waals surface area contributed by atoms with Crippen LogP contribution in [0.2, 0.25) is 0 Å². The van der Waals surface area contributed by atoms with E-state index in [0.717, 1.165) is 15.6 Å². The molecule has 0 fully saturated rings. The normalized spacial score (nSPS) is 11.4. The van der Waals surface area contributed by atoms with Crippen molar-refractivity contribution in [1.82, 2.24) is 5.43 Å². The number of benzene rings is 3. The van der Waals surface area contributed by atoms with Crippen molar-refractivity contribution >= 4 is 43.8 Å². The first kappa shape index (κ1) is 21.7. The number of anilines is 1. The molecule has 0 unspecified atom stereocenters. The Balaban J connectivity index is 1.68. The minimum atomic E-state index is -3.68. The lowest BCUT2D eigenvalue weighted by Gasteiger charge is -2.19.